The quantitative estimate of drug-likeness (QED) is 0.737. The Morgan fingerprint density at radius 1 is 1.14 bits per heavy atom. The van der Waals surface area contributed by atoms with Crippen LogP contribution in [0.15, 0.2) is 55.0 Å². The number of nitrogen functional groups attached to an aromatic ring is 1. The second-order valence-electron chi connectivity index (χ2n) is 7.07. The molecule has 1 aromatic carbocycles. The molecule has 1 amide bonds. The number of likely N-dealkylation sites (tertiary alicyclic amines) is 1. The van der Waals surface area contributed by atoms with Crippen LogP contribution in [0.5, 0.6) is 6.01 Å². The first-order valence-corrected chi connectivity index (χ1v) is 9.62. The topological polar surface area (TPSA) is 94.2 Å². The summed E-state index contributed by atoms with van der Waals surface area (Å²) in [7, 11) is 1.55. The molecule has 3 aromatic rings. The van der Waals surface area contributed by atoms with Crippen LogP contribution in [0.25, 0.3) is 11.1 Å². The van der Waals surface area contributed by atoms with Crippen molar-refractivity contribution in [2.45, 2.75) is 18.8 Å². The molecule has 7 heteroatoms. The van der Waals surface area contributed by atoms with Crippen LogP contribution in [-0.2, 0) is 0 Å². The molecule has 1 aliphatic heterocycles. The van der Waals surface area contributed by atoms with Gasteiger partial charge in [0.2, 0.25) is 0 Å². The lowest BCUT2D eigenvalue weighted by Gasteiger charge is -2.34. The number of hydrogen-bond acceptors (Lipinski definition) is 6. The number of pyridine rings is 1. The molecule has 148 valence electrons. The summed E-state index contributed by atoms with van der Waals surface area (Å²) < 4.78 is 5.06. The van der Waals surface area contributed by atoms with Crippen LogP contribution in [0, 0.1) is 0 Å². The van der Waals surface area contributed by atoms with Crippen molar-refractivity contribution >= 4 is 11.7 Å². The molecule has 1 unspecified atom stereocenters. The van der Waals surface area contributed by atoms with E-state index in [1.54, 1.807) is 37.8 Å². The monoisotopic (exact) mass is 389 g/mol. The molecule has 0 spiro atoms. The van der Waals surface area contributed by atoms with Gasteiger partial charge in [-0.2, -0.15) is 0 Å². The summed E-state index contributed by atoms with van der Waals surface area (Å²) in [5.41, 5.74) is 9.58. The predicted octanol–water partition coefficient (Wildman–Crippen LogP) is 3.15. The van der Waals surface area contributed by atoms with Gasteiger partial charge in [-0.05, 0) is 36.1 Å². The van der Waals surface area contributed by atoms with Gasteiger partial charge in [-0.25, -0.2) is 15.0 Å². The molecule has 1 atom stereocenters. The molecule has 1 aliphatic rings. The minimum absolute atomic E-state index is 0.0643. The van der Waals surface area contributed by atoms with E-state index in [2.05, 4.69) is 27.1 Å². The number of ether oxygens (including phenoxy) is 1. The number of carbonyl (C=O) groups is 1. The standard InChI is InChI=1S/C22H23N5O2/c1-29-22-25-12-16(13-26-22)18-8-3-2-7-17(18)15-6-5-11-27(14-15)21(28)19-9-4-10-24-20(19)23/h2-4,7-10,12-13,15H,5-6,11,14H2,1H3,(H2,23,24). The van der Waals surface area contributed by atoms with Crippen LogP contribution in [0.3, 0.4) is 0 Å². The van der Waals surface area contributed by atoms with Crippen molar-refractivity contribution in [3.63, 3.8) is 0 Å². The molecule has 3 heterocycles. The SMILES string of the molecule is COc1ncc(-c2ccccc2C2CCCN(C(=O)c3cccnc3N)C2)cn1. The predicted molar refractivity (Wildman–Crippen MR) is 111 cm³/mol. The van der Waals surface area contributed by atoms with Gasteiger partial charge in [-0.1, -0.05) is 24.3 Å². The zero-order chi connectivity index (χ0) is 20.2. The summed E-state index contributed by atoms with van der Waals surface area (Å²) in [5, 5.41) is 0. The summed E-state index contributed by atoms with van der Waals surface area (Å²) in [6.45, 7) is 1.36. The van der Waals surface area contributed by atoms with Crippen LogP contribution in [0.2, 0.25) is 0 Å². The average molecular weight is 389 g/mol. The molecule has 0 aliphatic carbocycles. The van der Waals surface area contributed by atoms with Crippen LogP contribution >= 0.6 is 0 Å². The van der Waals surface area contributed by atoms with Gasteiger partial charge < -0.3 is 15.4 Å². The first kappa shape index (κ1) is 18.9. The van der Waals surface area contributed by atoms with Gasteiger partial charge in [0.15, 0.2) is 0 Å². The Kier molecular flexibility index (Phi) is 5.37. The van der Waals surface area contributed by atoms with Gasteiger partial charge in [-0.15, -0.1) is 0 Å². The van der Waals surface area contributed by atoms with Gasteiger partial charge in [0.25, 0.3) is 5.91 Å². The Bertz CT molecular complexity index is 1010. The molecule has 2 N–H and O–H groups in total. The first-order chi connectivity index (χ1) is 14.2. The van der Waals surface area contributed by atoms with Crippen molar-refractivity contribution in [2.75, 3.05) is 25.9 Å². The molecular weight excluding hydrogens is 366 g/mol. The Balaban J connectivity index is 1.60. The number of hydrogen-bond donors (Lipinski definition) is 1. The normalized spacial score (nSPS) is 16.4. The van der Waals surface area contributed by atoms with E-state index >= 15 is 0 Å². The maximum atomic E-state index is 13.0. The zero-order valence-corrected chi connectivity index (χ0v) is 16.3. The largest absolute Gasteiger partial charge is 0.467 e. The summed E-state index contributed by atoms with van der Waals surface area (Å²) in [6.07, 6.45) is 7.09. The number of nitrogens with zero attached hydrogens (tertiary/aromatic N) is 4. The third-order valence-electron chi connectivity index (χ3n) is 5.30. The van der Waals surface area contributed by atoms with Crippen molar-refractivity contribution in [2.24, 2.45) is 0 Å². The van der Waals surface area contributed by atoms with Crippen molar-refractivity contribution in [1.29, 1.82) is 0 Å². The minimum atomic E-state index is -0.0643. The number of amides is 1. The Morgan fingerprint density at radius 2 is 1.93 bits per heavy atom. The summed E-state index contributed by atoms with van der Waals surface area (Å²) >= 11 is 0. The second kappa shape index (κ2) is 8.26. The minimum Gasteiger partial charge on any atom is -0.467 e. The average Bonchev–Trinajstić information content (AvgIpc) is 2.79. The summed E-state index contributed by atoms with van der Waals surface area (Å²) in [5.74, 6) is 0.435. The number of methoxy groups -OCH3 is 1. The fraction of sp³-hybridized carbons (Fsp3) is 0.273. The van der Waals surface area contributed by atoms with Gasteiger partial charge in [-0.3, -0.25) is 4.79 Å². The third-order valence-corrected chi connectivity index (χ3v) is 5.30. The lowest BCUT2D eigenvalue weighted by Crippen LogP contribution is -2.39. The Hall–Kier alpha value is -3.48. The second-order valence-corrected chi connectivity index (χ2v) is 7.07. The van der Waals surface area contributed by atoms with Crippen LogP contribution in [0.1, 0.15) is 34.7 Å². The fourth-order valence-corrected chi connectivity index (χ4v) is 3.86. The molecule has 0 bridgehead atoms. The molecular formula is C22H23N5O2. The number of carbonyl (C=O) groups excluding carboxylic acids is 1. The van der Waals surface area contributed by atoms with Crippen molar-refractivity contribution < 1.29 is 9.53 Å². The van der Waals surface area contributed by atoms with Gasteiger partial charge in [0.1, 0.15) is 5.82 Å². The highest BCUT2D eigenvalue weighted by Crippen LogP contribution is 2.34. The maximum Gasteiger partial charge on any atom is 0.316 e. The number of rotatable bonds is 4. The lowest BCUT2D eigenvalue weighted by molar-refractivity contribution is 0.0708. The highest BCUT2D eigenvalue weighted by Gasteiger charge is 2.28. The van der Waals surface area contributed by atoms with Gasteiger partial charge >= 0.3 is 6.01 Å². The Morgan fingerprint density at radius 3 is 2.69 bits per heavy atom. The number of piperidine rings is 1. The van der Waals surface area contributed by atoms with E-state index in [9.17, 15) is 4.79 Å². The van der Waals surface area contributed by atoms with E-state index in [-0.39, 0.29) is 17.6 Å². The van der Waals surface area contributed by atoms with Gasteiger partial charge in [0, 0.05) is 43.2 Å². The van der Waals surface area contributed by atoms with E-state index in [4.69, 9.17) is 10.5 Å². The fourth-order valence-electron chi connectivity index (χ4n) is 3.86. The summed E-state index contributed by atoms with van der Waals surface area (Å²) in [4.78, 5) is 27.4. The Labute approximate surface area is 169 Å². The van der Waals surface area contributed by atoms with Crippen LogP contribution in [0.4, 0.5) is 5.82 Å². The highest BCUT2D eigenvalue weighted by molar-refractivity contribution is 5.98. The molecule has 0 saturated carbocycles. The molecule has 1 fully saturated rings. The molecule has 7 nitrogen and oxygen atoms in total. The smallest absolute Gasteiger partial charge is 0.316 e. The van der Waals surface area contributed by atoms with Crippen LogP contribution in [-0.4, -0.2) is 46.0 Å². The molecule has 0 radical (unpaired) electrons. The third kappa shape index (κ3) is 3.89. The van der Waals surface area contributed by atoms with E-state index in [1.165, 1.54) is 5.56 Å². The van der Waals surface area contributed by atoms with E-state index in [0.29, 0.717) is 18.1 Å². The number of anilines is 1. The summed E-state index contributed by atoms with van der Waals surface area (Å²) in [6, 6.07) is 12.0. The highest BCUT2D eigenvalue weighted by atomic mass is 16.5. The molecule has 4 rings (SSSR count). The number of benzene rings is 1. The number of nitrogens with two attached hydrogens (primary N) is 1. The molecule has 1 saturated heterocycles. The zero-order valence-electron chi connectivity index (χ0n) is 16.3. The van der Waals surface area contributed by atoms with Crippen molar-refractivity contribution in [3.05, 3.63) is 66.1 Å². The van der Waals surface area contributed by atoms with E-state index < -0.39 is 0 Å². The van der Waals surface area contributed by atoms with Crippen LogP contribution < -0.4 is 10.5 Å². The lowest BCUT2D eigenvalue weighted by atomic mass is 9.86. The maximum absolute atomic E-state index is 13.0. The van der Waals surface area contributed by atoms with E-state index in [1.807, 2.05) is 17.0 Å². The molecule has 2 aromatic heterocycles. The van der Waals surface area contributed by atoms with E-state index in [0.717, 1.165) is 30.5 Å². The molecule has 29 heavy (non-hydrogen) atoms. The van der Waals surface area contributed by atoms with Gasteiger partial charge in [0.05, 0.1) is 12.7 Å². The number of aromatic nitrogens is 3. The van der Waals surface area contributed by atoms with Crippen molar-refractivity contribution in [1.82, 2.24) is 19.9 Å². The van der Waals surface area contributed by atoms with Crippen molar-refractivity contribution in [3.8, 4) is 17.1 Å². The first-order valence-electron chi connectivity index (χ1n) is 9.62.